The van der Waals surface area contributed by atoms with Gasteiger partial charge < -0.3 is 19.4 Å². The van der Waals surface area contributed by atoms with Crippen LogP contribution >= 0.6 is 0 Å². The summed E-state index contributed by atoms with van der Waals surface area (Å²) in [4.78, 5) is 17.3. The van der Waals surface area contributed by atoms with Crippen molar-refractivity contribution in [2.75, 3.05) is 46.4 Å². The highest BCUT2D eigenvalue weighted by atomic mass is 16.5. The molecular formula is C22H31N3O3. The first-order chi connectivity index (χ1) is 13.7. The van der Waals surface area contributed by atoms with Gasteiger partial charge in [0, 0.05) is 45.6 Å². The molecule has 2 heterocycles. The fraction of sp³-hybridized carbons (Fsp3) is 0.500. The number of piperazine rings is 1. The summed E-state index contributed by atoms with van der Waals surface area (Å²) in [6.45, 7) is 8.04. The summed E-state index contributed by atoms with van der Waals surface area (Å²) in [6, 6.07) is 12.1. The van der Waals surface area contributed by atoms with Crippen LogP contribution in [0.25, 0.3) is 0 Å². The Morgan fingerprint density at radius 3 is 2.54 bits per heavy atom. The first kappa shape index (κ1) is 20.4. The van der Waals surface area contributed by atoms with Crippen LogP contribution in [0.3, 0.4) is 0 Å². The van der Waals surface area contributed by atoms with Crippen molar-refractivity contribution in [3.05, 3.63) is 54.0 Å². The Morgan fingerprint density at radius 1 is 1.18 bits per heavy atom. The van der Waals surface area contributed by atoms with Crippen LogP contribution in [0.15, 0.2) is 47.1 Å². The Labute approximate surface area is 167 Å². The van der Waals surface area contributed by atoms with Crippen LogP contribution in [0.1, 0.15) is 30.7 Å². The van der Waals surface area contributed by atoms with Gasteiger partial charge in [-0.1, -0.05) is 19.1 Å². The average molecular weight is 386 g/mol. The van der Waals surface area contributed by atoms with E-state index in [2.05, 4.69) is 34.2 Å². The number of ether oxygens (including phenoxy) is 1. The molecule has 1 aliphatic rings. The molecule has 1 aromatic carbocycles. The summed E-state index contributed by atoms with van der Waals surface area (Å²) >= 11 is 0. The van der Waals surface area contributed by atoms with Gasteiger partial charge in [0.2, 0.25) is 5.91 Å². The number of nitrogens with zero attached hydrogens (tertiary/aromatic N) is 2. The number of furan rings is 1. The minimum Gasteiger partial charge on any atom is -0.497 e. The topological polar surface area (TPSA) is 58.0 Å². The minimum atomic E-state index is 0.0575. The minimum absolute atomic E-state index is 0.0575. The highest BCUT2D eigenvalue weighted by Gasteiger charge is 2.25. The van der Waals surface area contributed by atoms with E-state index in [4.69, 9.17) is 9.15 Å². The molecule has 1 amide bonds. The largest absolute Gasteiger partial charge is 0.497 e. The summed E-state index contributed by atoms with van der Waals surface area (Å²) < 4.78 is 10.6. The molecule has 1 aliphatic heterocycles. The summed E-state index contributed by atoms with van der Waals surface area (Å²) in [6.07, 6.45) is 2.70. The number of methoxy groups -OCH3 is 1. The zero-order valence-corrected chi connectivity index (χ0v) is 16.9. The van der Waals surface area contributed by atoms with Crippen molar-refractivity contribution in [3.8, 4) is 5.75 Å². The fourth-order valence-corrected chi connectivity index (χ4v) is 3.67. The van der Waals surface area contributed by atoms with E-state index in [0.717, 1.165) is 44.2 Å². The lowest BCUT2D eigenvalue weighted by atomic mass is 10.0. The van der Waals surface area contributed by atoms with E-state index in [0.29, 0.717) is 19.4 Å². The lowest BCUT2D eigenvalue weighted by Gasteiger charge is -2.39. The second-order valence-electron chi connectivity index (χ2n) is 7.14. The number of hydrogen-bond donors (Lipinski definition) is 1. The Bertz CT molecular complexity index is 707. The maximum Gasteiger partial charge on any atom is 0.220 e. The summed E-state index contributed by atoms with van der Waals surface area (Å²) in [5, 5.41) is 3.13. The molecule has 3 rings (SSSR count). The lowest BCUT2D eigenvalue weighted by Crippen LogP contribution is -2.49. The SMILES string of the molecule is CCN1CCN(C(CNC(=O)CCc2ccco2)c2ccc(OC)cc2)CC1. The third-order valence-corrected chi connectivity index (χ3v) is 5.47. The van der Waals surface area contributed by atoms with Gasteiger partial charge >= 0.3 is 0 Å². The molecule has 1 N–H and O–H groups in total. The van der Waals surface area contributed by atoms with Gasteiger partial charge in [-0.25, -0.2) is 0 Å². The molecule has 152 valence electrons. The van der Waals surface area contributed by atoms with Gasteiger partial charge in [0.1, 0.15) is 11.5 Å². The molecule has 1 fully saturated rings. The molecule has 6 nitrogen and oxygen atoms in total. The van der Waals surface area contributed by atoms with Crippen LogP contribution < -0.4 is 10.1 Å². The van der Waals surface area contributed by atoms with Gasteiger partial charge in [0.25, 0.3) is 0 Å². The van der Waals surface area contributed by atoms with Crippen LogP contribution in [-0.4, -0.2) is 62.1 Å². The Kier molecular flexibility index (Phi) is 7.51. The van der Waals surface area contributed by atoms with Crippen molar-refractivity contribution >= 4 is 5.91 Å². The van der Waals surface area contributed by atoms with Crippen LogP contribution in [-0.2, 0) is 11.2 Å². The molecule has 0 saturated carbocycles. The molecule has 6 heteroatoms. The summed E-state index contributed by atoms with van der Waals surface area (Å²) in [5.74, 6) is 1.75. The van der Waals surface area contributed by atoms with Crippen LogP contribution in [0.2, 0.25) is 0 Å². The number of carbonyl (C=O) groups is 1. The number of aryl methyl sites for hydroxylation is 1. The molecule has 1 aromatic heterocycles. The van der Waals surface area contributed by atoms with Gasteiger partial charge in [-0.15, -0.1) is 0 Å². The van der Waals surface area contributed by atoms with Crippen molar-refractivity contribution in [1.82, 2.24) is 15.1 Å². The second kappa shape index (κ2) is 10.3. The molecule has 2 aromatic rings. The van der Waals surface area contributed by atoms with Crippen molar-refractivity contribution in [1.29, 1.82) is 0 Å². The summed E-state index contributed by atoms with van der Waals surface area (Å²) in [5.41, 5.74) is 1.21. The number of amides is 1. The predicted octanol–water partition coefficient (Wildman–Crippen LogP) is 2.72. The molecule has 1 saturated heterocycles. The third-order valence-electron chi connectivity index (χ3n) is 5.47. The van der Waals surface area contributed by atoms with Crippen molar-refractivity contribution in [2.45, 2.75) is 25.8 Å². The second-order valence-corrected chi connectivity index (χ2v) is 7.14. The zero-order chi connectivity index (χ0) is 19.8. The van der Waals surface area contributed by atoms with E-state index >= 15 is 0 Å². The quantitative estimate of drug-likeness (QED) is 0.719. The molecule has 28 heavy (non-hydrogen) atoms. The van der Waals surface area contributed by atoms with E-state index < -0.39 is 0 Å². The van der Waals surface area contributed by atoms with Crippen molar-refractivity contribution in [2.24, 2.45) is 0 Å². The molecule has 0 radical (unpaired) electrons. The number of hydrogen-bond acceptors (Lipinski definition) is 5. The number of likely N-dealkylation sites (N-methyl/N-ethyl adjacent to an activating group) is 1. The smallest absolute Gasteiger partial charge is 0.220 e. The Hall–Kier alpha value is -2.31. The number of nitrogens with one attached hydrogen (secondary N) is 1. The van der Waals surface area contributed by atoms with Gasteiger partial charge in [-0.05, 0) is 36.4 Å². The number of benzene rings is 1. The highest BCUT2D eigenvalue weighted by Crippen LogP contribution is 2.24. The first-order valence-electron chi connectivity index (χ1n) is 10.1. The Balaban J connectivity index is 1.61. The molecular weight excluding hydrogens is 354 g/mol. The van der Waals surface area contributed by atoms with E-state index in [1.54, 1.807) is 13.4 Å². The standard InChI is InChI=1S/C22H31N3O3/c1-3-24-12-14-25(15-13-24)21(18-6-8-19(27-2)9-7-18)17-23-22(26)11-10-20-5-4-16-28-20/h4-9,16,21H,3,10-15,17H2,1-2H3,(H,23,26). The average Bonchev–Trinajstić information content (AvgIpc) is 3.27. The third kappa shape index (κ3) is 5.59. The lowest BCUT2D eigenvalue weighted by molar-refractivity contribution is -0.121. The van der Waals surface area contributed by atoms with Crippen LogP contribution in [0.4, 0.5) is 0 Å². The number of carbonyl (C=O) groups excluding carboxylic acids is 1. The van der Waals surface area contributed by atoms with Crippen molar-refractivity contribution in [3.63, 3.8) is 0 Å². The summed E-state index contributed by atoms with van der Waals surface area (Å²) in [7, 11) is 1.68. The normalized spacial score (nSPS) is 16.6. The molecule has 0 aliphatic carbocycles. The van der Waals surface area contributed by atoms with Crippen LogP contribution in [0.5, 0.6) is 5.75 Å². The maximum absolute atomic E-state index is 12.4. The zero-order valence-electron chi connectivity index (χ0n) is 16.9. The van der Waals surface area contributed by atoms with E-state index in [1.165, 1.54) is 5.56 Å². The van der Waals surface area contributed by atoms with Gasteiger partial charge in [-0.3, -0.25) is 9.69 Å². The van der Waals surface area contributed by atoms with E-state index in [1.807, 2.05) is 24.3 Å². The van der Waals surface area contributed by atoms with Gasteiger partial charge in [0.15, 0.2) is 0 Å². The fourth-order valence-electron chi connectivity index (χ4n) is 3.67. The molecule has 1 atom stereocenters. The van der Waals surface area contributed by atoms with Crippen LogP contribution in [0, 0.1) is 0 Å². The first-order valence-corrected chi connectivity index (χ1v) is 10.1. The Morgan fingerprint density at radius 2 is 1.93 bits per heavy atom. The number of rotatable bonds is 9. The highest BCUT2D eigenvalue weighted by molar-refractivity contribution is 5.76. The van der Waals surface area contributed by atoms with E-state index in [9.17, 15) is 4.79 Å². The van der Waals surface area contributed by atoms with Gasteiger partial charge in [-0.2, -0.15) is 0 Å². The molecule has 1 unspecified atom stereocenters. The molecule has 0 bridgehead atoms. The maximum atomic E-state index is 12.4. The predicted molar refractivity (Wildman–Crippen MR) is 109 cm³/mol. The van der Waals surface area contributed by atoms with Crippen molar-refractivity contribution < 1.29 is 13.9 Å². The monoisotopic (exact) mass is 385 g/mol. The van der Waals surface area contributed by atoms with E-state index in [-0.39, 0.29) is 11.9 Å². The van der Waals surface area contributed by atoms with Gasteiger partial charge in [0.05, 0.1) is 19.4 Å². The molecule has 0 spiro atoms.